The van der Waals surface area contributed by atoms with Crippen molar-refractivity contribution in [1.29, 1.82) is 5.26 Å². The largest absolute Gasteiger partial charge is 0.488 e. The normalized spacial score (nSPS) is 17.7. The Hall–Kier alpha value is -4.29. The van der Waals surface area contributed by atoms with E-state index in [4.69, 9.17) is 30.5 Å². The van der Waals surface area contributed by atoms with Crippen LogP contribution in [0.2, 0.25) is 5.02 Å². The molecule has 0 radical (unpaired) electrons. The molecule has 2 heterocycles. The first-order valence-electron chi connectivity index (χ1n) is 14.5. The summed E-state index contributed by atoms with van der Waals surface area (Å²) in [5, 5.41) is 19.6. The Labute approximate surface area is 260 Å². The number of fused-ring (bicyclic) bond motifs is 1. The highest BCUT2D eigenvalue weighted by atomic mass is 35.5. The first kappa shape index (κ1) is 29.8. The van der Waals surface area contributed by atoms with E-state index in [1.165, 1.54) is 0 Å². The van der Waals surface area contributed by atoms with Gasteiger partial charge in [-0.3, -0.25) is 4.90 Å². The highest BCUT2D eigenvalue weighted by molar-refractivity contribution is 6.32. The van der Waals surface area contributed by atoms with Crippen LogP contribution in [0.5, 0.6) is 23.0 Å². The Morgan fingerprint density at radius 2 is 1.73 bits per heavy atom. The highest BCUT2D eigenvalue weighted by Gasteiger charge is 2.31. The highest BCUT2D eigenvalue weighted by Crippen LogP contribution is 2.38. The van der Waals surface area contributed by atoms with Gasteiger partial charge >= 0.3 is 0 Å². The number of rotatable bonds is 9. The van der Waals surface area contributed by atoms with Crippen molar-refractivity contribution in [2.45, 2.75) is 39.0 Å². The fourth-order valence-electron chi connectivity index (χ4n) is 5.55. The van der Waals surface area contributed by atoms with Gasteiger partial charge in [0.1, 0.15) is 44.1 Å². The van der Waals surface area contributed by atoms with Gasteiger partial charge in [0.05, 0.1) is 22.8 Å². The molecule has 4 aromatic rings. The molecule has 0 aliphatic carbocycles. The van der Waals surface area contributed by atoms with E-state index in [0.29, 0.717) is 41.8 Å². The predicted molar refractivity (Wildman–Crippen MR) is 165 cm³/mol. The van der Waals surface area contributed by atoms with Gasteiger partial charge in [-0.25, -0.2) is 4.39 Å². The van der Waals surface area contributed by atoms with Crippen LogP contribution in [0, 0.1) is 18.3 Å². The predicted octanol–water partition coefficient (Wildman–Crippen LogP) is 6.63. The van der Waals surface area contributed by atoms with Crippen LogP contribution in [-0.2, 0) is 19.8 Å². The van der Waals surface area contributed by atoms with E-state index in [9.17, 15) is 14.8 Å². The van der Waals surface area contributed by atoms with Gasteiger partial charge in [0.2, 0.25) is 0 Å². The summed E-state index contributed by atoms with van der Waals surface area (Å²) in [6.07, 6.45) is -2.32. The first-order chi connectivity index (χ1) is 21.4. The van der Waals surface area contributed by atoms with Crippen LogP contribution in [-0.4, -0.2) is 48.6 Å². The molecule has 0 bridgehead atoms. The molecule has 226 valence electrons. The summed E-state index contributed by atoms with van der Waals surface area (Å²) in [6, 6.07) is 24.9. The Balaban J connectivity index is 1.23. The second-order valence-corrected chi connectivity index (χ2v) is 11.4. The molecular formula is C35H32ClFN2O5. The van der Waals surface area contributed by atoms with E-state index in [2.05, 4.69) is 19.1 Å². The van der Waals surface area contributed by atoms with Crippen molar-refractivity contribution in [1.82, 2.24) is 4.90 Å². The number of nitrogens with zero attached hydrogens (tertiary/aromatic N) is 2. The number of hydrogen-bond donors (Lipinski definition) is 1. The second-order valence-electron chi connectivity index (χ2n) is 11.0. The number of β-amino-alcohol motifs (C(OH)–C–C–N with tert-alkyl or cyclic N) is 1. The lowest BCUT2D eigenvalue weighted by molar-refractivity contribution is 0.115. The molecule has 0 amide bonds. The minimum absolute atomic E-state index is 0.125. The van der Waals surface area contributed by atoms with Gasteiger partial charge in [0.15, 0.2) is 11.5 Å². The fourth-order valence-corrected chi connectivity index (χ4v) is 5.79. The van der Waals surface area contributed by atoms with Crippen LogP contribution >= 0.6 is 11.6 Å². The number of likely N-dealkylation sites (tertiary alicyclic amines) is 1. The summed E-state index contributed by atoms with van der Waals surface area (Å²) in [7, 11) is 0. The lowest BCUT2D eigenvalue weighted by Crippen LogP contribution is -2.22. The van der Waals surface area contributed by atoms with E-state index in [1.807, 2.05) is 47.4 Å². The van der Waals surface area contributed by atoms with Gasteiger partial charge in [0.25, 0.3) is 0 Å². The van der Waals surface area contributed by atoms with E-state index in [0.717, 1.165) is 44.9 Å². The van der Waals surface area contributed by atoms with Crippen LogP contribution < -0.4 is 18.9 Å². The van der Waals surface area contributed by atoms with Gasteiger partial charge < -0.3 is 24.1 Å². The van der Waals surface area contributed by atoms with E-state index >= 15 is 0 Å². The molecule has 44 heavy (non-hydrogen) atoms. The number of halogens is 2. The van der Waals surface area contributed by atoms with Crippen molar-refractivity contribution in [2.75, 3.05) is 26.3 Å². The maximum Gasteiger partial charge on any atom is 0.161 e. The summed E-state index contributed by atoms with van der Waals surface area (Å²) in [5.41, 5.74) is 6.27. The summed E-state index contributed by atoms with van der Waals surface area (Å²) < 4.78 is 38.0. The minimum Gasteiger partial charge on any atom is -0.488 e. The van der Waals surface area contributed by atoms with Crippen LogP contribution in [0.4, 0.5) is 4.39 Å². The van der Waals surface area contributed by atoms with E-state index in [1.54, 1.807) is 24.3 Å². The maximum absolute atomic E-state index is 14.1. The molecule has 0 spiro atoms. The van der Waals surface area contributed by atoms with Gasteiger partial charge in [-0.2, -0.15) is 5.26 Å². The standard InChI is InChI=1S/C35H32ClFN2O5/c1-22-26(6-3-7-28(22)25-8-9-32-35(14-25)42-11-10-41-32)21-44-34-15-33(43-20-24-5-2-4-23(12-24)16-38)27(13-29(34)36)17-39-18-30(37)31(40)19-39/h2-9,12-15,30-31,40H,10-11,17-21H2,1H3/t30-,31-/m0/s1. The maximum atomic E-state index is 14.1. The zero-order chi connectivity index (χ0) is 30.6. The molecule has 6 rings (SSSR count). The monoisotopic (exact) mass is 614 g/mol. The first-order valence-corrected chi connectivity index (χ1v) is 14.9. The molecule has 2 aliphatic heterocycles. The number of ether oxygens (including phenoxy) is 4. The van der Waals surface area contributed by atoms with Gasteiger partial charge in [0, 0.05) is 31.3 Å². The summed E-state index contributed by atoms with van der Waals surface area (Å²) in [4.78, 5) is 1.83. The number of benzene rings is 4. The molecule has 1 N–H and O–H groups in total. The van der Waals surface area contributed by atoms with E-state index < -0.39 is 12.3 Å². The third kappa shape index (κ3) is 6.61. The number of aliphatic hydroxyl groups excluding tert-OH is 1. The Kier molecular flexibility index (Phi) is 8.89. The van der Waals surface area contributed by atoms with Gasteiger partial charge in [-0.1, -0.05) is 48.0 Å². The number of alkyl halides is 1. The minimum atomic E-state index is -1.30. The molecule has 1 fully saturated rings. The molecule has 2 aliphatic rings. The third-order valence-electron chi connectivity index (χ3n) is 7.94. The molecule has 7 nitrogen and oxygen atoms in total. The van der Waals surface area contributed by atoms with E-state index in [-0.39, 0.29) is 26.3 Å². The molecule has 4 aromatic carbocycles. The lowest BCUT2D eigenvalue weighted by Gasteiger charge is -2.21. The Morgan fingerprint density at radius 3 is 2.52 bits per heavy atom. The zero-order valence-corrected chi connectivity index (χ0v) is 25.0. The smallest absolute Gasteiger partial charge is 0.161 e. The average Bonchev–Trinajstić information content (AvgIpc) is 3.36. The topological polar surface area (TPSA) is 84.2 Å². The van der Waals surface area contributed by atoms with Crippen molar-refractivity contribution in [2.24, 2.45) is 0 Å². The van der Waals surface area contributed by atoms with Crippen LogP contribution in [0.3, 0.4) is 0 Å². The van der Waals surface area contributed by atoms with Crippen LogP contribution in [0.25, 0.3) is 11.1 Å². The summed E-state index contributed by atoms with van der Waals surface area (Å²) in [5.74, 6) is 2.46. The van der Waals surface area contributed by atoms with Gasteiger partial charge in [-0.15, -0.1) is 0 Å². The lowest BCUT2D eigenvalue weighted by atomic mass is 9.96. The molecule has 2 atom stereocenters. The number of nitriles is 1. The SMILES string of the molecule is Cc1c(COc2cc(OCc3cccc(C#N)c3)c(CN3C[C@H](O)[C@@H](F)C3)cc2Cl)cccc1-c1ccc2c(c1)OCCO2. The van der Waals surface area contributed by atoms with Crippen molar-refractivity contribution in [3.8, 4) is 40.2 Å². The van der Waals surface area contributed by atoms with Gasteiger partial charge in [-0.05, 0) is 65.1 Å². The summed E-state index contributed by atoms with van der Waals surface area (Å²) in [6.45, 7) is 4.31. The summed E-state index contributed by atoms with van der Waals surface area (Å²) >= 11 is 6.72. The number of hydrogen-bond acceptors (Lipinski definition) is 7. The molecule has 0 aromatic heterocycles. The zero-order valence-electron chi connectivity index (χ0n) is 24.3. The Morgan fingerprint density at radius 1 is 0.932 bits per heavy atom. The average molecular weight is 615 g/mol. The van der Waals surface area contributed by atoms with Crippen molar-refractivity contribution in [3.05, 3.63) is 106 Å². The molecule has 9 heteroatoms. The van der Waals surface area contributed by atoms with Crippen LogP contribution in [0.1, 0.15) is 27.8 Å². The van der Waals surface area contributed by atoms with Crippen molar-refractivity contribution >= 4 is 11.6 Å². The molecule has 1 saturated heterocycles. The Bertz CT molecular complexity index is 1700. The van der Waals surface area contributed by atoms with Crippen LogP contribution in [0.15, 0.2) is 72.8 Å². The van der Waals surface area contributed by atoms with Crippen molar-refractivity contribution < 1.29 is 28.4 Å². The number of aliphatic hydroxyl groups is 1. The quantitative estimate of drug-likeness (QED) is 0.226. The molecule has 0 unspecified atom stereocenters. The molecule has 0 saturated carbocycles. The van der Waals surface area contributed by atoms with Crippen molar-refractivity contribution in [3.63, 3.8) is 0 Å². The second kappa shape index (κ2) is 13.1. The molecular weight excluding hydrogens is 583 g/mol. The third-order valence-corrected chi connectivity index (χ3v) is 8.23. The fraction of sp³-hybridized carbons (Fsp3) is 0.286.